The van der Waals surface area contributed by atoms with Crippen molar-refractivity contribution in [2.75, 3.05) is 5.73 Å². The van der Waals surface area contributed by atoms with Gasteiger partial charge in [-0.1, -0.05) is 0 Å². The Morgan fingerprint density at radius 2 is 1.88 bits per heavy atom. The van der Waals surface area contributed by atoms with Crippen molar-refractivity contribution < 1.29 is 0 Å². The van der Waals surface area contributed by atoms with Crippen LogP contribution in [0.5, 0.6) is 0 Å². The van der Waals surface area contributed by atoms with Gasteiger partial charge >= 0.3 is 0 Å². The molecule has 16 heavy (non-hydrogen) atoms. The molecule has 0 fully saturated rings. The summed E-state index contributed by atoms with van der Waals surface area (Å²) in [4.78, 5) is 12.8. The molecular weight excluding hydrogens is 200 g/mol. The fraction of sp³-hybridized carbons (Fsp3) is 0.0833. The topological polar surface area (TPSA) is 64.2 Å². The van der Waals surface area contributed by atoms with Crippen LogP contribution in [0.4, 0.5) is 5.82 Å². The molecule has 0 saturated heterocycles. The number of nitrogens with zero attached hydrogens (tertiary/aromatic N) is 3. The van der Waals surface area contributed by atoms with E-state index in [9.17, 15) is 0 Å². The van der Waals surface area contributed by atoms with Gasteiger partial charge in [0.15, 0.2) is 0 Å². The third-order valence-corrected chi connectivity index (χ3v) is 2.59. The van der Waals surface area contributed by atoms with Gasteiger partial charge in [-0.05, 0) is 24.3 Å². The molecule has 2 aromatic heterocycles. The Morgan fingerprint density at radius 3 is 2.69 bits per heavy atom. The monoisotopic (exact) mass is 210 g/mol. The zero-order valence-electron chi connectivity index (χ0n) is 8.59. The first-order valence-electron chi connectivity index (χ1n) is 5.05. The SMILES string of the molecule is Nc1ccc2c(n1)CN=C2c1ccncc1. The Balaban J connectivity index is 2.09. The van der Waals surface area contributed by atoms with Crippen molar-refractivity contribution in [1.82, 2.24) is 9.97 Å². The molecule has 2 N–H and O–H groups in total. The largest absolute Gasteiger partial charge is 0.384 e. The van der Waals surface area contributed by atoms with Gasteiger partial charge in [-0.2, -0.15) is 0 Å². The first-order chi connectivity index (χ1) is 7.84. The van der Waals surface area contributed by atoms with Gasteiger partial charge in [0.1, 0.15) is 5.82 Å². The molecule has 4 heteroatoms. The molecular formula is C12H10N4. The van der Waals surface area contributed by atoms with E-state index in [2.05, 4.69) is 15.0 Å². The summed E-state index contributed by atoms with van der Waals surface area (Å²) in [5.74, 6) is 0.546. The lowest BCUT2D eigenvalue weighted by molar-refractivity contribution is 1.03. The van der Waals surface area contributed by atoms with Crippen molar-refractivity contribution in [2.45, 2.75) is 6.54 Å². The number of hydrogen-bond donors (Lipinski definition) is 1. The van der Waals surface area contributed by atoms with Crippen molar-refractivity contribution in [3.63, 3.8) is 0 Å². The highest BCUT2D eigenvalue weighted by Crippen LogP contribution is 2.21. The summed E-state index contributed by atoms with van der Waals surface area (Å²) in [6.45, 7) is 0.609. The van der Waals surface area contributed by atoms with Crippen LogP contribution in [-0.2, 0) is 6.54 Å². The van der Waals surface area contributed by atoms with Crippen molar-refractivity contribution in [1.29, 1.82) is 0 Å². The number of hydrogen-bond acceptors (Lipinski definition) is 4. The van der Waals surface area contributed by atoms with Crippen LogP contribution in [-0.4, -0.2) is 15.7 Å². The summed E-state index contributed by atoms with van der Waals surface area (Å²) in [6, 6.07) is 7.68. The molecule has 78 valence electrons. The fourth-order valence-electron chi connectivity index (χ4n) is 1.85. The van der Waals surface area contributed by atoms with Crippen LogP contribution in [0, 0.1) is 0 Å². The Kier molecular flexibility index (Phi) is 1.93. The smallest absolute Gasteiger partial charge is 0.123 e. The predicted octanol–water partition coefficient (Wildman–Crippen LogP) is 1.41. The molecule has 0 spiro atoms. The summed E-state index contributed by atoms with van der Waals surface area (Å²) in [7, 11) is 0. The standard InChI is InChI=1S/C12H10N4/c13-11-2-1-9-10(16-11)7-15-12(9)8-3-5-14-6-4-8/h1-6H,7H2,(H2,13,16). The zero-order valence-corrected chi connectivity index (χ0v) is 8.59. The molecule has 2 aromatic rings. The number of fused-ring (bicyclic) bond motifs is 1. The molecule has 4 nitrogen and oxygen atoms in total. The fourth-order valence-corrected chi connectivity index (χ4v) is 1.85. The minimum atomic E-state index is 0.546. The Bertz CT molecular complexity index is 560. The summed E-state index contributed by atoms with van der Waals surface area (Å²) >= 11 is 0. The van der Waals surface area contributed by atoms with Gasteiger partial charge in [0.05, 0.1) is 18.0 Å². The number of nitrogens with two attached hydrogens (primary N) is 1. The average Bonchev–Trinajstić information content (AvgIpc) is 2.73. The van der Waals surface area contributed by atoms with Gasteiger partial charge < -0.3 is 5.73 Å². The Hall–Kier alpha value is -2.23. The van der Waals surface area contributed by atoms with Crippen LogP contribution in [0.1, 0.15) is 16.8 Å². The van der Waals surface area contributed by atoms with E-state index in [1.165, 1.54) is 0 Å². The number of anilines is 1. The van der Waals surface area contributed by atoms with Crippen LogP contribution in [0.3, 0.4) is 0 Å². The van der Waals surface area contributed by atoms with Gasteiger partial charge in [0.25, 0.3) is 0 Å². The average molecular weight is 210 g/mol. The number of nitrogen functional groups attached to an aromatic ring is 1. The molecule has 0 radical (unpaired) electrons. The third-order valence-electron chi connectivity index (χ3n) is 2.59. The Morgan fingerprint density at radius 1 is 1.06 bits per heavy atom. The van der Waals surface area contributed by atoms with E-state index in [0.29, 0.717) is 12.4 Å². The molecule has 0 unspecified atom stereocenters. The molecule has 0 aliphatic carbocycles. The maximum Gasteiger partial charge on any atom is 0.123 e. The van der Waals surface area contributed by atoms with E-state index in [-0.39, 0.29) is 0 Å². The number of aliphatic imine (C=N–C) groups is 1. The van der Waals surface area contributed by atoms with Crippen LogP contribution < -0.4 is 5.73 Å². The van der Waals surface area contributed by atoms with Gasteiger partial charge in [-0.15, -0.1) is 0 Å². The summed E-state index contributed by atoms with van der Waals surface area (Å²) in [6.07, 6.45) is 3.53. The Labute approximate surface area is 92.9 Å². The maximum atomic E-state index is 5.64. The molecule has 0 saturated carbocycles. The molecule has 1 aliphatic rings. The van der Waals surface area contributed by atoms with E-state index in [0.717, 1.165) is 22.5 Å². The van der Waals surface area contributed by atoms with Crippen LogP contribution >= 0.6 is 0 Å². The van der Waals surface area contributed by atoms with Gasteiger partial charge in [-0.3, -0.25) is 9.98 Å². The quantitative estimate of drug-likeness (QED) is 0.774. The molecule has 0 amide bonds. The lowest BCUT2D eigenvalue weighted by atomic mass is 10.0. The molecule has 0 bridgehead atoms. The van der Waals surface area contributed by atoms with E-state index >= 15 is 0 Å². The number of aromatic nitrogens is 2. The number of pyridine rings is 2. The lowest BCUT2D eigenvalue weighted by Gasteiger charge is -2.03. The second-order valence-electron chi connectivity index (χ2n) is 3.63. The highest BCUT2D eigenvalue weighted by atomic mass is 14.9. The normalized spacial score (nSPS) is 13.4. The molecule has 3 heterocycles. The molecule has 1 aliphatic heterocycles. The summed E-state index contributed by atoms with van der Waals surface area (Å²) < 4.78 is 0. The van der Waals surface area contributed by atoms with Crippen molar-refractivity contribution in [3.8, 4) is 0 Å². The highest BCUT2D eigenvalue weighted by molar-refractivity contribution is 6.14. The minimum absolute atomic E-state index is 0.546. The first-order valence-corrected chi connectivity index (χ1v) is 5.05. The minimum Gasteiger partial charge on any atom is -0.384 e. The zero-order chi connectivity index (χ0) is 11.0. The van der Waals surface area contributed by atoms with E-state index in [1.807, 2.05) is 18.2 Å². The summed E-state index contributed by atoms with van der Waals surface area (Å²) in [5, 5.41) is 0. The van der Waals surface area contributed by atoms with Crippen LogP contribution in [0.25, 0.3) is 0 Å². The van der Waals surface area contributed by atoms with Crippen molar-refractivity contribution in [3.05, 3.63) is 53.5 Å². The lowest BCUT2D eigenvalue weighted by Crippen LogP contribution is -2.03. The van der Waals surface area contributed by atoms with E-state index in [1.54, 1.807) is 18.5 Å². The molecule has 0 aromatic carbocycles. The third kappa shape index (κ3) is 1.35. The maximum absolute atomic E-state index is 5.64. The molecule has 3 rings (SSSR count). The second-order valence-corrected chi connectivity index (χ2v) is 3.63. The van der Waals surface area contributed by atoms with Gasteiger partial charge in [0, 0.05) is 23.5 Å². The van der Waals surface area contributed by atoms with Gasteiger partial charge in [-0.25, -0.2) is 4.98 Å². The van der Waals surface area contributed by atoms with Crippen LogP contribution in [0.2, 0.25) is 0 Å². The predicted molar refractivity (Wildman–Crippen MR) is 62.2 cm³/mol. The van der Waals surface area contributed by atoms with Crippen molar-refractivity contribution >= 4 is 11.5 Å². The van der Waals surface area contributed by atoms with E-state index < -0.39 is 0 Å². The summed E-state index contributed by atoms with van der Waals surface area (Å²) in [5.41, 5.74) is 9.71. The van der Waals surface area contributed by atoms with Crippen molar-refractivity contribution in [2.24, 2.45) is 4.99 Å². The van der Waals surface area contributed by atoms with Gasteiger partial charge in [0.2, 0.25) is 0 Å². The first kappa shape index (κ1) is 9.03. The highest BCUT2D eigenvalue weighted by Gasteiger charge is 2.18. The molecule has 0 atom stereocenters. The van der Waals surface area contributed by atoms with Crippen LogP contribution in [0.15, 0.2) is 41.7 Å². The second kappa shape index (κ2) is 3.41. The number of rotatable bonds is 1. The van der Waals surface area contributed by atoms with E-state index in [4.69, 9.17) is 5.73 Å².